The van der Waals surface area contributed by atoms with E-state index in [1.807, 2.05) is 41.3 Å². The molecule has 156 valence electrons. The number of para-hydroxylation sites is 1. The number of methoxy groups -OCH3 is 1. The number of halogens is 1. The topological polar surface area (TPSA) is 44.8 Å². The summed E-state index contributed by atoms with van der Waals surface area (Å²) < 4.78 is 20.9. The summed E-state index contributed by atoms with van der Waals surface area (Å²) in [6.07, 6.45) is 7.95. The smallest absolute Gasteiger partial charge is 0.236 e. The Kier molecular flexibility index (Phi) is 5.74. The molecule has 3 aliphatic rings. The van der Waals surface area contributed by atoms with Crippen LogP contribution in [0.5, 0.6) is 5.75 Å². The monoisotopic (exact) mass is 399 g/mol. The molecule has 2 fully saturated rings. The van der Waals surface area contributed by atoms with Crippen LogP contribution in [0.3, 0.4) is 0 Å². The predicted molar refractivity (Wildman–Crippen MR) is 112 cm³/mol. The average Bonchev–Trinajstić information content (AvgIpc) is 3.54. The molecule has 6 heteroatoms. The van der Waals surface area contributed by atoms with Crippen LogP contribution in [0, 0.1) is 5.92 Å². The van der Waals surface area contributed by atoms with E-state index in [0.29, 0.717) is 0 Å². The molecule has 1 saturated heterocycles. The molecule has 1 heterocycles. The van der Waals surface area contributed by atoms with Gasteiger partial charge in [-0.15, -0.1) is 0 Å². The zero-order valence-corrected chi connectivity index (χ0v) is 17.2. The van der Waals surface area contributed by atoms with Crippen molar-refractivity contribution in [1.82, 2.24) is 15.1 Å². The second-order valence-corrected chi connectivity index (χ2v) is 8.33. The van der Waals surface area contributed by atoms with Crippen LogP contribution in [-0.2, 0) is 4.79 Å². The molecule has 0 aromatic heterocycles. The van der Waals surface area contributed by atoms with Crippen LogP contribution in [0.1, 0.15) is 17.9 Å². The van der Waals surface area contributed by atoms with Gasteiger partial charge in [-0.25, -0.2) is 4.39 Å². The van der Waals surface area contributed by atoms with Crippen molar-refractivity contribution < 1.29 is 13.9 Å². The number of carbonyl (C=O) groups is 1. The Morgan fingerprint density at radius 3 is 2.59 bits per heavy atom. The van der Waals surface area contributed by atoms with Gasteiger partial charge < -0.3 is 19.9 Å². The summed E-state index contributed by atoms with van der Waals surface area (Å²) in [6.45, 7) is 3.66. The molecule has 29 heavy (non-hydrogen) atoms. The molecule has 0 radical (unpaired) electrons. The number of hydrogen-bond donors (Lipinski definition) is 1. The summed E-state index contributed by atoms with van der Waals surface area (Å²) in [5, 5.41) is 3.27. The van der Waals surface area contributed by atoms with Gasteiger partial charge in [-0.2, -0.15) is 0 Å². The third-order valence-corrected chi connectivity index (χ3v) is 6.35. The fourth-order valence-corrected chi connectivity index (χ4v) is 4.31. The number of nitrogens with zero attached hydrogens (tertiary/aromatic N) is 2. The standard InChI is InChI=1S/C23H30FN3O2/c1-26-11-13-27(14-12-26)22(28)16-25-20-15-19(20)23(24)9-7-17(8-10-23)18-5-3-4-6-21(18)29-2/h3-10,17,19-20,25H,11-16H2,1-2H3. The van der Waals surface area contributed by atoms with E-state index in [9.17, 15) is 4.79 Å². The third-order valence-electron chi connectivity index (χ3n) is 6.35. The first kappa shape index (κ1) is 20.1. The molecule has 0 bridgehead atoms. The van der Waals surface area contributed by atoms with E-state index in [0.717, 1.165) is 43.9 Å². The lowest BCUT2D eigenvalue weighted by Gasteiger charge is -2.32. The Balaban J connectivity index is 1.29. The molecular weight excluding hydrogens is 369 g/mol. The molecule has 4 rings (SSSR count). The van der Waals surface area contributed by atoms with E-state index in [4.69, 9.17) is 4.74 Å². The number of hydrogen-bond acceptors (Lipinski definition) is 4. The van der Waals surface area contributed by atoms with Gasteiger partial charge in [0.1, 0.15) is 5.75 Å². The molecule has 0 spiro atoms. The van der Waals surface area contributed by atoms with Gasteiger partial charge in [-0.05, 0) is 31.7 Å². The number of carbonyl (C=O) groups excluding carboxylic acids is 1. The van der Waals surface area contributed by atoms with E-state index < -0.39 is 5.67 Å². The molecule has 1 aromatic rings. The fraction of sp³-hybridized carbons (Fsp3) is 0.522. The molecule has 1 aliphatic heterocycles. The maximum atomic E-state index is 15.5. The maximum Gasteiger partial charge on any atom is 0.236 e. The van der Waals surface area contributed by atoms with Crippen LogP contribution in [0.2, 0.25) is 0 Å². The van der Waals surface area contributed by atoms with Crippen LogP contribution < -0.4 is 10.1 Å². The second kappa shape index (κ2) is 8.28. The Labute approximate surface area is 172 Å². The number of rotatable bonds is 6. The van der Waals surface area contributed by atoms with E-state index in [1.54, 1.807) is 19.3 Å². The lowest BCUT2D eigenvalue weighted by atomic mass is 9.86. The van der Waals surface area contributed by atoms with Gasteiger partial charge in [0.25, 0.3) is 0 Å². The van der Waals surface area contributed by atoms with Gasteiger partial charge in [0.2, 0.25) is 5.91 Å². The lowest BCUT2D eigenvalue weighted by molar-refractivity contribution is -0.131. The van der Waals surface area contributed by atoms with Gasteiger partial charge in [-0.1, -0.05) is 30.4 Å². The first-order chi connectivity index (χ1) is 14.0. The van der Waals surface area contributed by atoms with Gasteiger partial charge in [0.05, 0.1) is 13.7 Å². The van der Waals surface area contributed by atoms with Gasteiger partial charge in [0, 0.05) is 49.6 Å². The summed E-state index contributed by atoms with van der Waals surface area (Å²) >= 11 is 0. The minimum atomic E-state index is -1.45. The molecule has 1 amide bonds. The normalized spacial score (nSPS) is 31.7. The van der Waals surface area contributed by atoms with E-state index in [2.05, 4.69) is 17.3 Å². The molecule has 1 N–H and O–H groups in total. The van der Waals surface area contributed by atoms with Crippen LogP contribution in [0.25, 0.3) is 0 Å². The van der Waals surface area contributed by atoms with Crippen molar-refractivity contribution in [3.05, 3.63) is 54.1 Å². The zero-order valence-electron chi connectivity index (χ0n) is 17.2. The summed E-state index contributed by atoms with van der Waals surface area (Å²) in [5.41, 5.74) is -0.416. The van der Waals surface area contributed by atoms with Gasteiger partial charge >= 0.3 is 0 Å². The molecule has 1 aromatic carbocycles. The Morgan fingerprint density at radius 2 is 1.90 bits per heavy atom. The zero-order chi connectivity index (χ0) is 20.4. The first-order valence-electron chi connectivity index (χ1n) is 10.4. The van der Waals surface area contributed by atoms with Crippen LogP contribution in [0.4, 0.5) is 4.39 Å². The van der Waals surface area contributed by atoms with Crippen molar-refractivity contribution in [3.8, 4) is 5.75 Å². The quantitative estimate of drug-likeness (QED) is 0.746. The molecular formula is C23H30FN3O2. The number of benzene rings is 1. The minimum Gasteiger partial charge on any atom is -0.496 e. The number of amides is 1. The van der Waals surface area contributed by atoms with Crippen molar-refractivity contribution >= 4 is 5.91 Å². The van der Waals surface area contributed by atoms with Crippen molar-refractivity contribution in [2.75, 3.05) is 46.9 Å². The number of ether oxygens (including phenoxy) is 1. The largest absolute Gasteiger partial charge is 0.496 e. The second-order valence-electron chi connectivity index (χ2n) is 8.33. The molecule has 2 aliphatic carbocycles. The van der Waals surface area contributed by atoms with Crippen molar-refractivity contribution in [3.63, 3.8) is 0 Å². The van der Waals surface area contributed by atoms with Crippen molar-refractivity contribution in [2.45, 2.75) is 24.0 Å². The highest BCUT2D eigenvalue weighted by Gasteiger charge is 2.51. The van der Waals surface area contributed by atoms with Crippen molar-refractivity contribution in [2.24, 2.45) is 5.92 Å². The Hall–Kier alpha value is -2.18. The highest BCUT2D eigenvalue weighted by atomic mass is 19.1. The van der Waals surface area contributed by atoms with Crippen LogP contribution in [-0.4, -0.2) is 74.3 Å². The third kappa shape index (κ3) is 4.38. The fourth-order valence-electron chi connectivity index (χ4n) is 4.31. The van der Waals surface area contributed by atoms with E-state index in [1.165, 1.54) is 0 Å². The average molecular weight is 400 g/mol. The van der Waals surface area contributed by atoms with E-state index >= 15 is 4.39 Å². The molecule has 1 saturated carbocycles. The minimum absolute atomic E-state index is 0.0130. The maximum absolute atomic E-state index is 15.5. The van der Waals surface area contributed by atoms with E-state index in [-0.39, 0.29) is 30.3 Å². The summed E-state index contributed by atoms with van der Waals surface area (Å²) in [6, 6.07) is 7.88. The van der Waals surface area contributed by atoms with Crippen LogP contribution in [0.15, 0.2) is 48.6 Å². The highest BCUT2D eigenvalue weighted by molar-refractivity contribution is 5.78. The first-order valence-corrected chi connectivity index (χ1v) is 10.4. The number of likely N-dealkylation sites (N-methyl/N-ethyl adjacent to an activating group) is 1. The number of alkyl halides is 1. The Morgan fingerprint density at radius 1 is 1.21 bits per heavy atom. The molecule has 2 unspecified atom stereocenters. The predicted octanol–water partition coefficient (Wildman–Crippen LogP) is 2.37. The highest BCUT2D eigenvalue weighted by Crippen LogP contribution is 2.47. The van der Waals surface area contributed by atoms with Crippen LogP contribution >= 0.6 is 0 Å². The summed E-state index contributed by atoms with van der Waals surface area (Å²) in [7, 11) is 3.72. The van der Waals surface area contributed by atoms with Gasteiger partial charge in [0.15, 0.2) is 5.67 Å². The summed E-state index contributed by atoms with van der Waals surface area (Å²) in [4.78, 5) is 16.5. The number of piperazine rings is 1. The lowest BCUT2D eigenvalue weighted by Crippen LogP contribution is -2.49. The van der Waals surface area contributed by atoms with Crippen molar-refractivity contribution in [1.29, 1.82) is 0 Å². The SMILES string of the molecule is COc1ccccc1C1C=CC(F)(C2CC2NCC(=O)N2CCN(C)CC2)C=C1. The Bertz CT molecular complexity index is 787. The van der Waals surface area contributed by atoms with Gasteiger partial charge in [-0.3, -0.25) is 4.79 Å². The number of allylic oxidation sites excluding steroid dienone is 4. The molecule has 5 nitrogen and oxygen atoms in total. The molecule has 2 atom stereocenters. The summed E-state index contributed by atoms with van der Waals surface area (Å²) in [5.74, 6) is 0.821. The number of nitrogens with one attached hydrogen (secondary N) is 1.